The van der Waals surface area contributed by atoms with Crippen molar-refractivity contribution in [2.24, 2.45) is 0 Å². The molecule has 6 heteroatoms. The lowest BCUT2D eigenvalue weighted by Crippen LogP contribution is -2.36. The van der Waals surface area contributed by atoms with Crippen LogP contribution in [-0.4, -0.2) is 63.5 Å². The van der Waals surface area contributed by atoms with Gasteiger partial charge in [-0.05, 0) is 54.3 Å². The van der Waals surface area contributed by atoms with Crippen molar-refractivity contribution in [1.82, 2.24) is 4.90 Å². The Morgan fingerprint density at radius 2 is 1.97 bits per heavy atom. The van der Waals surface area contributed by atoms with Gasteiger partial charge in [-0.2, -0.15) is 0 Å². The molecule has 2 heterocycles. The molecular formula is C26H32N2O4. The molecule has 2 fully saturated rings. The van der Waals surface area contributed by atoms with Gasteiger partial charge in [0.05, 0.1) is 26.4 Å². The Hall–Kier alpha value is -2.83. The van der Waals surface area contributed by atoms with E-state index in [4.69, 9.17) is 14.2 Å². The first-order chi connectivity index (χ1) is 15.7. The summed E-state index contributed by atoms with van der Waals surface area (Å²) < 4.78 is 16.6. The van der Waals surface area contributed by atoms with Crippen molar-refractivity contribution >= 4 is 17.7 Å². The molecule has 0 N–H and O–H groups in total. The lowest BCUT2D eigenvalue weighted by molar-refractivity contribution is -0.128. The zero-order valence-corrected chi connectivity index (χ0v) is 18.7. The minimum Gasteiger partial charge on any atom is -0.497 e. The maximum atomic E-state index is 13.1. The van der Waals surface area contributed by atoms with Gasteiger partial charge < -0.3 is 24.0 Å². The maximum Gasteiger partial charge on any atom is 0.246 e. The Labute approximate surface area is 190 Å². The molecule has 2 aromatic carbocycles. The van der Waals surface area contributed by atoms with E-state index in [1.165, 1.54) is 5.69 Å². The number of carbonyl (C=O) groups is 1. The first-order valence-corrected chi connectivity index (χ1v) is 11.4. The summed E-state index contributed by atoms with van der Waals surface area (Å²) in [5.41, 5.74) is 3.24. The van der Waals surface area contributed by atoms with E-state index in [0.29, 0.717) is 13.1 Å². The van der Waals surface area contributed by atoms with Gasteiger partial charge in [0.1, 0.15) is 5.75 Å². The second-order valence-corrected chi connectivity index (χ2v) is 8.23. The van der Waals surface area contributed by atoms with E-state index in [9.17, 15) is 4.79 Å². The van der Waals surface area contributed by atoms with Gasteiger partial charge >= 0.3 is 0 Å². The number of carbonyl (C=O) groups excluding carboxylic acids is 1. The third kappa shape index (κ3) is 6.11. The average Bonchev–Trinajstić information content (AvgIpc) is 3.36. The van der Waals surface area contributed by atoms with Gasteiger partial charge in [-0.1, -0.05) is 24.3 Å². The molecule has 0 aliphatic carbocycles. The molecule has 1 amide bonds. The molecule has 6 nitrogen and oxygen atoms in total. The maximum absolute atomic E-state index is 13.1. The molecule has 0 saturated carbocycles. The Bertz CT molecular complexity index is 900. The SMILES string of the molecule is COc1cccc(CN(CC2CCCO2)C(=O)/C=C/c2ccc(N3CCOCC3)cc2)c1. The lowest BCUT2D eigenvalue weighted by atomic mass is 10.1. The summed E-state index contributed by atoms with van der Waals surface area (Å²) in [6, 6.07) is 16.2. The molecule has 32 heavy (non-hydrogen) atoms. The minimum absolute atomic E-state index is 0.0134. The standard InChI is InChI=1S/C26H32N2O4/c1-30-24-5-2-4-22(18-24)19-28(20-25-6-3-15-32-25)26(29)12-9-21-7-10-23(11-8-21)27-13-16-31-17-14-27/h2,4-5,7-12,18,25H,3,6,13-17,19-20H2,1H3/b12-9+. The molecule has 0 aromatic heterocycles. The first kappa shape index (κ1) is 22.4. The van der Waals surface area contributed by atoms with Crippen LogP contribution in [0.5, 0.6) is 5.75 Å². The van der Waals surface area contributed by atoms with Gasteiger partial charge in [0.25, 0.3) is 0 Å². The summed E-state index contributed by atoms with van der Waals surface area (Å²) in [7, 11) is 1.65. The van der Waals surface area contributed by atoms with Crippen LogP contribution in [0.15, 0.2) is 54.6 Å². The van der Waals surface area contributed by atoms with Crippen LogP contribution in [-0.2, 0) is 20.8 Å². The van der Waals surface area contributed by atoms with Crippen LogP contribution in [0.3, 0.4) is 0 Å². The van der Waals surface area contributed by atoms with Gasteiger partial charge in [-0.3, -0.25) is 4.79 Å². The topological polar surface area (TPSA) is 51.2 Å². The Kier molecular flexibility index (Phi) is 7.80. The molecule has 2 aromatic rings. The van der Waals surface area contributed by atoms with Gasteiger partial charge in [0.15, 0.2) is 0 Å². The Morgan fingerprint density at radius 1 is 1.16 bits per heavy atom. The fourth-order valence-corrected chi connectivity index (χ4v) is 4.15. The second-order valence-electron chi connectivity index (χ2n) is 8.23. The number of benzene rings is 2. The fraction of sp³-hybridized carbons (Fsp3) is 0.423. The molecule has 1 unspecified atom stereocenters. The summed E-state index contributed by atoms with van der Waals surface area (Å²) in [6.45, 7) is 5.25. The molecular weight excluding hydrogens is 404 g/mol. The number of hydrogen-bond donors (Lipinski definition) is 0. The molecule has 2 aliphatic heterocycles. The monoisotopic (exact) mass is 436 g/mol. The minimum atomic E-state index is -0.0134. The Morgan fingerprint density at radius 3 is 2.69 bits per heavy atom. The third-order valence-corrected chi connectivity index (χ3v) is 5.95. The summed E-state index contributed by atoms with van der Waals surface area (Å²) in [6.07, 6.45) is 5.70. The van der Waals surface area contributed by atoms with Crippen molar-refractivity contribution in [3.8, 4) is 5.75 Å². The number of hydrogen-bond acceptors (Lipinski definition) is 5. The van der Waals surface area contributed by atoms with Crippen LogP contribution >= 0.6 is 0 Å². The molecule has 4 rings (SSSR count). The highest BCUT2D eigenvalue weighted by Gasteiger charge is 2.22. The van der Waals surface area contributed by atoms with Crippen LogP contribution in [0.2, 0.25) is 0 Å². The van der Waals surface area contributed by atoms with E-state index >= 15 is 0 Å². The largest absolute Gasteiger partial charge is 0.497 e. The van der Waals surface area contributed by atoms with Crippen molar-refractivity contribution in [3.05, 3.63) is 65.7 Å². The Balaban J connectivity index is 1.42. The van der Waals surface area contributed by atoms with Crippen LogP contribution in [0, 0.1) is 0 Å². The number of nitrogens with zero attached hydrogens (tertiary/aromatic N) is 2. The molecule has 2 aliphatic rings. The van der Waals surface area contributed by atoms with Gasteiger partial charge in [-0.25, -0.2) is 0 Å². The number of methoxy groups -OCH3 is 1. The van der Waals surface area contributed by atoms with Gasteiger partial charge in [-0.15, -0.1) is 0 Å². The van der Waals surface area contributed by atoms with E-state index < -0.39 is 0 Å². The van der Waals surface area contributed by atoms with Crippen molar-refractivity contribution in [2.45, 2.75) is 25.5 Å². The molecule has 170 valence electrons. The summed E-state index contributed by atoms with van der Waals surface area (Å²) in [5.74, 6) is 0.781. The van der Waals surface area contributed by atoms with Crippen molar-refractivity contribution in [1.29, 1.82) is 0 Å². The second kappa shape index (κ2) is 11.2. The zero-order chi connectivity index (χ0) is 22.2. The molecule has 0 spiro atoms. The van der Waals surface area contributed by atoms with E-state index in [2.05, 4.69) is 29.2 Å². The van der Waals surface area contributed by atoms with E-state index in [-0.39, 0.29) is 12.0 Å². The number of ether oxygens (including phenoxy) is 3. The third-order valence-electron chi connectivity index (χ3n) is 5.95. The molecule has 2 saturated heterocycles. The van der Waals surface area contributed by atoms with Crippen LogP contribution in [0.4, 0.5) is 5.69 Å². The quantitative estimate of drug-likeness (QED) is 0.590. The molecule has 0 bridgehead atoms. The van der Waals surface area contributed by atoms with Crippen molar-refractivity contribution < 1.29 is 19.0 Å². The number of morpholine rings is 1. The number of rotatable bonds is 8. The molecule has 0 radical (unpaired) electrons. The highest BCUT2D eigenvalue weighted by molar-refractivity contribution is 5.91. The summed E-state index contributed by atoms with van der Waals surface area (Å²) >= 11 is 0. The first-order valence-electron chi connectivity index (χ1n) is 11.4. The predicted octanol–water partition coefficient (Wildman–Crippen LogP) is 3.75. The molecule has 1 atom stereocenters. The highest BCUT2D eigenvalue weighted by atomic mass is 16.5. The number of amides is 1. The normalized spacial score (nSPS) is 18.8. The zero-order valence-electron chi connectivity index (χ0n) is 18.7. The van der Waals surface area contributed by atoms with Crippen molar-refractivity contribution in [2.75, 3.05) is 51.5 Å². The number of anilines is 1. The average molecular weight is 437 g/mol. The van der Waals surface area contributed by atoms with Gasteiger partial charge in [0.2, 0.25) is 5.91 Å². The van der Waals surface area contributed by atoms with Crippen LogP contribution < -0.4 is 9.64 Å². The van der Waals surface area contributed by atoms with E-state index in [1.54, 1.807) is 13.2 Å². The van der Waals surface area contributed by atoms with Gasteiger partial charge in [0, 0.05) is 44.5 Å². The highest BCUT2D eigenvalue weighted by Crippen LogP contribution is 2.20. The van der Waals surface area contributed by atoms with E-state index in [1.807, 2.05) is 35.2 Å². The summed E-state index contributed by atoms with van der Waals surface area (Å²) in [5, 5.41) is 0. The van der Waals surface area contributed by atoms with Crippen molar-refractivity contribution in [3.63, 3.8) is 0 Å². The van der Waals surface area contributed by atoms with Crippen LogP contribution in [0.25, 0.3) is 6.08 Å². The predicted molar refractivity (Wildman–Crippen MR) is 126 cm³/mol. The lowest BCUT2D eigenvalue weighted by Gasteiger charge is -2.28. The fourth-order valence-electron chi connectivity index (χ4n) is 4.15. The smallest absolute Gasteiger partial charge is 0.246 e. The van der Waals surface area contributed by atoms with E-state index in [0.717, 1.165) is 62.6 Å². The van der Waals surface area contributed by atoms with Crippen LogP contribution in [0.1, 0.15) is 24.0 Å². The summed E-state index contributed by atoms with van der Waals surface area (Å²) in [4.78, 5) is 17.3.